The molecule has 4 aliphatic rings. The fraction of sp³-hybridized carbons (Fsp3) is 0.600. The van der Waals surface area contributed by atoms with Gasteiger partial charge < -0.3 is 4.74 Å². The van der Waals surface area contributed by atoms with Crippen molar-refractivity contribution in [1.29, 1.82) is 0 Å². The Balaban J connectivity index is 1.48. The molecule has 39 heavy (non-hydrogen) atoms. The maximum absolute atomic E-state index is 5.67. The van der Waals surface area contributed by atoms with E-state index in [9.17, 15) is 0 Å². The van der Waals surface area contributed by atoms with Crippen molar-refractivity contribution < 1.29 is 4.74 Å². The molecule has 1 aromatic rings. The van der Waals surface area contributed by atoms with Gasteiger partial charge in [0.15, 0.2) is 0 Å². The van der Waals surface area contributed by atoms with Crippen molar-refractivity contribution in [2.24, 2.45) is 15.9 Å². The zero-order valence-electron chi connectivity index (χ0n) is 25.2. The molecule has 0 N–H and O–H groups in total. The average Bonchev–Trinajstić information content (AvgIpc) is 3.58. The van der Waals surface area contributed by atoms with Crippen molar-refractivity contribution in [2.75, 3.05) is 26.3 Å². The van der Waals surface area contributed by atoms with Crippen molar-refractivity contribution >= 4 is 17.1 Å². The molecule has 0 spiro atoms. The number of ether oxygens (including phenoxy) is 1. The molecule has 0 saturated carbocycles. The van der Waals surface area contributed by atoms with Crippen LogP contribution in [0, 0.1) is 12.8 Å². The molecule has 2 unspecified atom stereocenters. The molecule has 2 saturated heterocycles. The van der Waals surface area contributed by atoms with E-state index in [0.29, 0.717) is 17.9 Å². The van der Waals surface area contributed by atoms with E-state index in [0.717, 1.165) is 44.7 Å². The number of likely N-dealkylation sites (tertiary alicyclic amines) is 1. The molecule has 2 atom stereocenters. The van der Waals surface area contributed by atoms with E-state index in [-0.39, 0.29) is 6.04 Å². The predicted octanol–water partition coefficient (Wildman–Crippen LogP) is 8.08. The third-order valence-corrected chi connectivity index (χ3v) is 9.25. The van der Waals surface area contributed by atoms with E-state index in [1.807, 2.05) is 6.92 Å². The molecule has 5 rings (SSSR count). The molecule has 1 aliphatic carbocycles. The van der Waals surface area contributed by atoms with Gasteiger partial charge in [-0.05, 0) is 123 Å². The quantitative estimate of drug-likeness (QED) is 0.359. The van der Waals surface area contributed by atoms with Crippen LogP contribution in [-0.4, -0.2) is 54.8 Å². The predicted molar refractivity (Wildman–Crippen MR) is 166 cm³/mol. The Morgan fingerprint density at radius 3 is 2.56 bits per heavy atom. The van der Waals surface area contributed by atoms with Crippen LogP contribution in [0.5, 0.6) is 0 Å². The van der Waals surface area contributed by atoms with E-state index in [4.69, 9.17) is 14.7 Å². The number of rotatable bonds is 7. The fourth-order valence-corrected chi connectivity index (χ4v) is 7.19. The van der Waals surface area contributed by atoms with Crippen molar-refractivity contribution in [3.05, 3.63) is 63.8 Å². The minimum Gasteiger partial charge on any atom is -0.380 e. The molecular formula is C35H49N3O. The first-order chi connectivity index (χ1) is 18.9. The lowest BCUT2D eigenvalue weighted by atomic mass is 9.80. The Kier molecular flexibility index (Phi) is 9.03. The van der Waals surface area contributed by atoms with Gasteiger partial charge in [0.25, 0.3) is 0 Å². The van der Waals surface area contributed by atoms with Gasteiger partial charge in [-0.25, -0.2) is 4.99 Å². The van der Waals surface area contributed by atoms with Crippen molar-refractivity contribution in [2.45, 2.75) is 104 Å². The van der Waals surface area contributed by atoms with E-state index in [2.05, 4.69) is 69.9 Å². The molecule has 2 fully saturated rings. The fourth-order valence-electron chi connectivity index (χ4n) is 7.19. The van der Waals surface area contributed by atoms with Crippen LogP contribution in [0.4, 0.5) is 0 Å². The van der Waals surface area contributed by atoms with Crippen LogP contribution in [0.15, 0.2) is 57.1 Å². The summed E-state index contributed by atoms with van der Waals surface area (Å²) in [5.41, 5.74) is 11.3. The molecule has 4 heteroatoms. The van der Waals surface area contributed by atoms with E-state index >= 15 is 0 Å². The SMILES string of the molecule is CCCC(/C1=C/CCC2N=C(C)N=C2/C(C)=C\1)=C(\c1cc(C2CCN(C3CCOC3)CC2)ccc1C)C(C)C. The van der Waals surface area contributed by atoms with Crippen molar-refractivity contribution in [1.82, 2.24) is 4.90 Å². The number of amidine groups is 1. The van der Waals surface area contributed by atoms with E-state index in [1.54, 1.807) is 0 Å². The van der Waals surface area contributed by atoms with Crippen LogP contribution >= 0.6 is 0 Å². The number of piperidine rings is 1. The highest BCUT2D eigenvalue weighted by molar-refractivity contribution is 6.13. The molecule has 0 bridgehead atoms. The second-order valence-corrected chi connectivity index (χ2v) is 12.5. The summed E-state index contributed by atoms with van der Waals surface area (Å²) < 4.78 is 5.67. The number of allylic oxidation sites excluding steroid dienone is 5. The van der Waals surface area contributed by atoms with Crippen LogP contribution in [0.3, 0.4) is 0 Å². The summed E-state index contributed by atoms with van der Waals surface area (Å²) in [6, 6.07) is 8.23. The first-order valence-electron chi connectivity index (χ1n) is 15.5. The summed E-state index contributed by atoms with van der Waals surface area (Å²) in [6.07, 6.45) is 12.9. The molecular weight excluding hydrogens is 478 g/mol. The molecule has 3 heterocycles. The maximum atomic E-state index is 5.67. The largest absolute Gasteiger partial charge is 0.380 e. The highest BCUT2D eigenvalue weighted by atomic mass is 16.5. The first kappa shape index (κ1) is 28.2. The lowest BCUT2D eigenvalue weighted by Gasteiger charge is -2.36. The Labute approximate surface area is 237 Å². The topological polar surface area (TPSA) is 37.2 Å². The highest BCUT2D eigenvalue weighted by Gasteiger charge is 2.29. The number of aryl methyl sites for hydroxylation is 1. The number of fused-ring (bicyclic) bond motifs is 1. The third-order valence-electron chi connectivity index (χ3n) is 9.25. The summed E-state index contributed by atoms with van der Waals surface area (Å²) in [6.45, 7) is 17.9. The molecule has 210 valence electrons. The average molecular weight is 528 g/mol. The Hall–Kier alpha value is -2.30. The van der Waals surface area contributed by atoms with Crippen LogP contribution in [0.2, 0.25) is 0 Å². The molecule has 3 aliphatic heterocycles. The summed E-state index contributed by atoms with van der Waals surface area (Å²) in [5.74, 6) is 2.02. The second kappa shape index (κ2) is 12.5. The molecule has 0 radical (unpaired) electrons. The zero-order valence-corrected chi connectivity index (χ0v) is 25.2. The van der Waals surface area contributed by atoms with Gasteiger partial charge in [-0.2, -0.15) is 0 Å². The molecule has 0 aromatic heterocycles. The number of nitrogens with zero attached hydrogens (tertiary/aromatic N) is 3. The Morgan fingerprint density at radius 1 is 1.08 bits per heavy atom. The standard InChI is InChI=1S/C35H49N3O/c1-7-9-31(29-10-8-11-33-35(25(5)20-29)37-26(6)36-33)34(23(2)3)32-21-28(13-12-24(32)4)27-14-17-38(18-15-27)30-16-19-39-22-30/h10,12-13,20-21,23,27,30,33H,7-9,11,14-19,22H2,1-6H3/b25-20-,29-10+,34-31+. The van der Waals surface area contributed by atoms with Gasteiger partial charge in [0.05, 0.1) is 18.4 Å². The second-order valence-electron chi connectivity index (χ2n) is 12.5. The number of benzene rings is 1. The minimum atomic E-state index is 0.230. The van der Waals surface area contributed by atoms with E-state index in [1.165, 1.54) is 77.0 Å². The van der Waals surface area contributed by atoms with Gasteiger partial charge in [-0.1, -0.05) is 57.5 Å². The maximum Gasteiger partial charge on any atom is 0.121 e. The normalized spacial score (nSPS) is 28.1. The van der Waals surface area contributed by atoms with E-state index < -0.39 is 0 Å². The number of hydrogen-bond donors (Lipinski definition) is 0. The minimum absolute atomic E-state index is 0.230. The molecule has 4 nitrogen and oxygen atoms in total. The van der Waals surface area contributed by atoms with Crippen LogP contribution in [-0.2, 0) is 4.74 Å². The van der Waals surface area contributed by atoms with Crippen LogP contribution in [0.1, 0.15) is 102 Å². The smallest absolute Gasteiger partial charge is 0.121 e. The third kappa shape index (κ3) is 6.23. The van der Waals surface area contributed by atoms with Crippen LogP contribution < -0.4 is 0 Å². The summed E-state index contributed by atoms with van der Waals surface area (Å²) in [7, 11) is 0. The first-order valence-corrected chi connectivity index (χ1v) is 15.5. The summed E-state index contributed by atoms with van der Waals surface area (Å²) in [5, 5.41) is 0. The van der Waals surface area contributed by atoms with Gasteiger partial charge in [-0.3, -0.25) is 9.89 Å². The lowest BCUT2D eigenvalue weighted by Crippen LogP contribution is -2.41. The molecule has 0 amide bonds. The van der Waals surface area contributed by atoms with Crippen molar-refractivity contribution in [3.63, 3.8) is 0 Å². The van der Waals surface area contributed by atoms with Crippen molar-refractivity contribution in [3.8, 4) is 0 Å². The molecule has 1 aromatic carbocycles. The van der Waals surface area contributed by atoms with Gasteiger partial charge in [-0.15, -0.1) is 0 Å². The van der Waals surface area contributed by atoms with Crippen LogP contribution in [0.25, 0.3) is 5.57 Å². The highest BCUT2D eigenvalue weighted by Crippen LogP contribution is 2.39. The number of aliphatic imine (C=N–C) groups is 2. The Bertz CT molecular complexity index is 1200. The van der Waals surface area contributed by atoms with Gasteiger partial charge in [0.1, 0.15) is 5.84 Å². The summed E-state index contributed by atoms with van der Waals surface area (Å²) >= 11 is 0. The monoisotopic (exact) mass is 527 g/mol. The van der Waals surface area contributed by atoms with Gasteiger partial charge >= 0.3 is 0 Å². The number of hydrogen-bond acceptors (Lipinski definition) is 4. The lowest BCUT2D eigenvalue weighted by molar-refractivity contribution is 0.122. The summed E-state index contributed by atoms with van der Waals surface area (Å²) in [4.78, 5) is 12.3. The Morgan fingerprint density at radius 2 is 1.87 bits per heavy atom. The van der Waals surface area contributed by atoms with Gasteiger partial charge in [0, 0.05) is 12.6 Å². The van der Waals surface area contributed by atoms with Gasteiger partial charge in [0.2, 0.25) is 0 Å². The zero-order chi connectivity index (χ0) is 27.5.